The van der Waals surface area contributed by atoms with Crippen LogP contribution in [0.3, 0.4) is 0 Å². The van der Waals surface area contributed by atoms with E-state index in [0.717, 1.165) is 22.1 Å². The average molecular weight is 390 g/mol. The maximum Gasteiger partial charge on any atom is 0.147 e. The van der Waals surface area contributed by atoms with Gasteiger partial charge < -0.3 is 10.4 Å². The molecular formula is C23H20ClN3O. The highest BCUT2D eigenvalue weighted by atomic mass is 35.5. The van der Waals surface area contributed by atoms with E-state index in [1.54, 1.807) is 12.4 Å². The molecule has 4 aromatic rings. The van der Waals surface area contributed by atoms with E-state index in [-0.39, 0.29) is 11.8 Å². The Balaban J connectivity index is 1.88. The Hall–Kier alpha value is -3.11. The minimum Gasteiger partial charge on any atom is -0.505 e. The van der Waals surface area contributed by atoms with Crippen LogP contribution in [0.4, 0.5) is 5.82 Å². The number of nitrogens with zero attached hydrogens (tertiary/aromatic N) is 2. The molecule has 0 fully saturated rings. The van der Waals surface area contributed by atoms with Gasteiger partial charge in [0.2, 0.25) is 0 Å². The van der Waals surface area contributed by atoms with Crippen molar-refractivity contribution in [3.05, 3.63) is 94.3 Å². The number of nitrogens with one attached hydrogen (secondary N) is 1. The summed E-state index contributed by atoms with van der Waals surface area (Å²) >= 11 is 6.55. The highest BCUT2D eigenvalue weighted by Gasteiger charge is 2.22. The molecule has 28 heavy (non-hydrogen) atoms. The van der Waals surface area contributed by atoms with Gasteiger partial charge in [-0.2, -0.15) is 0 Å². The van der Waals surface area contributed by atoms with Crippen molar-refractivity contribution < 1.29 is 5.11 Å². The lowest BCUT2D eigenvalue weighted by Gasteiger charge is -2.23. The third-order valence-electron chi connectivity index (χ3n) is 4.76. The van der Waals surface area contributed by atoms with Crippen LogP contribution in [0.25, 0.3) is 10.9 Å². The third-order valence-corrected chi connectivity index (χ3v) is 5.10. The van der Waals surface area contributed by atoms with E-state index in [9.17, 15) is 5.11 Å². The van der Waals surface area contributed by atoms with Gasteiger partial charge in [-0.05, 0) is 43.2 Å². The predicted octanol–water partition coefficient (Wildman–Crippen LogP) is 5.81. The molecule has 0 aliphatic heterocycles. The molecule has 0 bridgehead atoms. The summed E-state index contributed by atoms with van der Waals surface area (Å²) in [4.78, 5) is 8.81. The summed E-state index contributed by atoms with van der Waals surface area (Å²) < 4.78 is 0. The van der Waals surface area contributed by atoms with E-state index < -0.39 is 0 Å². The lowest BCUT2D eigenvalue weighted by molar-refractivity contribution is 0.471. The van der Waals surface area contributed by atoms with Crippen molar-refractivity contribution in [3.63, 3.8) is 0 Å². The quantitative estimate of drug-likeness (QED) is 0.462. The maximum absolute atomic E-state index is 11.0. The van der Waals surface area contributed by atoms with Crippen LogP contribution < -0.4 is 5.32 Å². The Bertz CT molecular complexity index is 1140. The second-order valence-electron chi connectivity index (χ2n) is 6.90. The Morgan fingerprint density at radius 3 is 2.54 bits per heavy atom. The van der Waals surface area contributed by atoms with E-state index in [4.69, 9.17) is 11.6 Å². The fraction of sp³-hybridized carbons (Fsp3) is 0.130. The zero-order chi connectivity index (χ0) is 19.7. The van der Waals surface area contributed by atoms with Gasteiger partial charge in [0.05, 0.1) is 6.04 Å². The topological polar surface area (TPSA) is 58.0 Å². The number of hydrogen-bond donors (Lipinski definition) is 2. The highest BCUT2D eigenvalue weighted by molar-refractivity contribution is 6.31. The zero-order valence-corrected chi connectivity index (χ0v) is 16.4. The number of aromatic hydroxyl groups is 1. The first kappa shape index (κ1) is 18.3. The van der Waals surface area contributed by atoms with Gasteiger partial charge >= 0.3 is 0 Å². The largest absolute Gasteiger partial charge is 0.505 e. The summed E-state index contributed by atoms with van der Waals surface area (Å²) in [5.41, 5.74) is 4.29. The molecule has 2 aromatic carbocycles. The lowest BCUT2D eigenvalue weighted by atomic mass is 9.95. The summed E-state index contributed by atoms with van der Waals surface area (Å²) in [7, 11) is 0. The molecule has 0 saturated heterocycles. The van der Waals surface area contributed by atoms with Gasteiger partial charge in [0.1, 0.15) is 17.1 Å². The second-order valence-corrected chi connectivity index (χ2v) is 7.31. The van der Waals surface area contributed by atoms with Crippen LogP contribution in [0, 0.1) is 13.8 Å². The molecule has 2 heterocycles. The van der Waals surface area contributed by atoms with Gasteiger partial charge in [-0.15, -0.1) is 0 Å². The molecular weight excluding hydrogens is 370 g/mol. The van der Waals surface area contributed by atoms with Crippen LogP contribution in [-0.2, 0) is 0 Å². The monoisotopic (exact) mass is 389 g/mol. The molecule has 0 radical (unpaired) electrons. The summed E-state index contributed by atoms with van der Waals surface area (Å²) in [6, 6.07) is 17.0. The Morgan fingerprint density at radius 1 is 0.929 bits per heavy atom. The summed E-state index contributed by atoms with van der Waals surface area (Å²) in [5.74, 6) is 0.842. The van der Waals surface area contributed by atoms with Crippen molar-refractivity contribution in [2.24, 2.45) is 0 Å². The van der Waals surface area contributed by atoms with Gasteiger partial charge in [-0.1, -0.05) is 53.6 Å². The summed E-state index contributed by atoms with van der Waals surface area (Å²) in [6.45, 7) is 4.01. The molecule has 0 spiro atoms. The molecule has 4 rings (SSSR count). The average Bonchev–Trinajstić information content (AvgIpc) is 2.70. The smallest absolute Gasteiger partial charge is 0.147 e. The summed E-state index contributed by atoms with van der Waals surface area (Å²) in [5, 5.41) is 15.9. The van der Waals surface area contributed by atoms with Crippen molar-refractivity contribution in [2.45, 2.75) is 19.9 Å². The number of phenols is 1. The molecule has 0 saturated carbocycles. The fourth-order valence-corrected chi connectivity index (χ4v) is 3.51. The summed E-state index contributed by atoms with van der Waals surface area (Å²) in [6.07, 6.45) is 3.48. The van der Waals surface area contributed by atoms with Crippen LogP contribution in [0.15, 0.2) is 67.0 Å². The number of aromatic nitrogens is 2. The van der Waals surface area contributed by atoms with Crippen molar-refractivity contribution >= 4 is 28.3 Å². The standard InChI is InChI=1S/C23H20ClN3O/c1-14-5-9-19(24)18(12-14)22(27-20-10-6-15(2)13-26-20)17-8-7-16-4-3-11-25-21(16)23(17)28/h3-13,22,28H,1-2H3,(H,26,27). The van der Waals surface area contributed by atoms with Crippen molar-refractivity contribution in [3.8, 4) is 5.75 Å². The SMILES string of the molecule is Cc1ccc(NC(c2cc(C)ccc2Cl)c2ccc3cccnc3c2O)nc1. The third kappa shape index (κ3) is 3.51. The van der Waals surface area contributed by atoms with Crippen LogP contribution in [0.2, 0.25) is 5.02 Å². The first-order valence-corrected chi connectivity index (χ1v) is 9.42. The first-order valence-electron chi connectivity index (χ1n) is 9.05. The minimum atomic E-state index is -0.381. The molecule has 2 N–H and O–H groups in total. The van der Waals surface area contributed by atoms with E-state index in [1.165, 1.54) is 0 Å². The molecule has 4 nitrogen and oxygen atoms in total. The number of benzene rings is 2. The Kier molecular flexibility index (Phi) is 4.88. The van der Waals surface area contributed by atoms with Crippen molar-refractivity contribution in [2.75, 3.05) is 5.32 Å². The van der Waals surface area contributed by atoms with E-state index in [2.05, 4.69) is 15.3 Å². The highest BCUT2D eigenvalue weighted by Crippen LogP contribution is 2.38. The molecule has 0 amide bonds. The van der Waals surface area contributed by atoms with Gasteiger partial charge in [0.25, 0.3) is 0 Å². The first-order chi connectivity index (χ1) is 13.5. The number of hydrogen-bond acceptors (Lipinski definition) is 4. The molecule has 140 valence electrons. The molecule has 1 atom stereocenters. The predicted molar refractivity (Wildman–Crippen MR) is 114 cm³/mol. The maximum atomic E-state index is 11.0. The molecule has 0 aliphatic carbocycles. The number of anilines is 1. The van der Waals surface area contributed by atoms with Crippen molar-refractivity contribution in [1.29, 1.82) is 0 Å². The number of fused-ring (bicyclic) bond motifs is 1. The second kappa shape index (κ2) is 7.49. The number of rotatable bonds is 4. The number of halogens is 1. The lowest BCUT2D eigenvalue weighted by Crippen LogP contribution is -2.14. The number of phenolic OH excluding ortho intramolecular Hbond substituents is 1. The Labute approximate surface area is 168 Å². The van der Waals surface area contributed by atoms with E-state index in [1.807, 2.05) is 68.4 Å². The van der Waals surface area contributed by atoms with Gasteiger partial charge in [-0.25, -0.2) is 4.98 Å². The van der Waals surface area contributed by atoms with Crippen LogP contribution in [-0.4, -0.2) is 15.1 Å². The normalized spacial score (nSPS) is 12.1. The fourth-order valence-electron chi connectivity index (χ4n) is 3.29. The Morgan fingerprint density at radius 2 is 1.75 bits per heavy atom. The van der Waals surface area contributed by atoms with Crippen LogP contribution >= 0.6 is 11.6 Å². The van der Waals surface area contributed by atoms with E-state index in [0.29, 0.717) is 21.9 Å². The van der Waals surface area contributed by atoms with Crippen LogP contribution in [0.1, 0.15) is 28.3 Å². The zero-order valence-electron chi connectivity index (χ0n) is 15.6. The molecule has 1 unspecified atom stereocenters. The minimum absolute atomic E-state index is 0.139. The van der Waals surface area contributed by atoms with Gasteiger partial charge in [0.15, 0.2) is 0 Å². The molecule has 0 aliphatic rings. The van der Waals surface area contributed by atoms with Crippen molar-refractivity contribution in [1.82, 2.24) is 9.97 Å². The number of aryl methyl sites for hydroxylation is 2. The van der Waals surface area contributed by atoms with Gasteiger partial charge in [-0.3, -0.25) is 4.98 Å². The molecule has 5 heteroatoms. The van der Waals surface area contributed by atoms with Gasteiger partial charge in [0, 0.05) is 28.4 Å². The van der Waals surface area contributed by atoms with E-state index >= 15 is 0 Å². The molecule has 2 aromatic heterocycles. The van der Waals surface area contributed by atoms with Crippen LogP contribution in [0.5, 0.6) is 5.75 Å². The number of pyridine rings is 2.